The molecular formula is C18H17N3O2S. The van der Waals surface area contributed by atoms with Gasteiger partial charge in [-0.2, -0.15) is 5.10 Å². The number of aromatic nitrogens is 1. The third-order valence-electron chi connectivity index (χ3n) is 3.32. The summed E-state index contributed by atoms with van der Waals surface area (Å²) in [7, 11) is 3.24. The van der Waals surface area contributed by atoms with Crippen molar-refractivity contribution in [2.24, 2.45) is 5.10 Å². The Hall–Kier alpha value is -2.86. The first-order valence-electron chi connectivity index (χ1n) is 7.31. The van der Waals surface area contributed by atoms with E-state index in [1.807, 2.05) is 53.9 Å². The molecule has 0 aliphatic heterocycles. The van der Waals surface area contributed by atoms with Crippen molar-refractivity contribution in [1.82, 2.24) is 4.98 Å². The molecule has 3 aromatic rings. The van der Waals surface area contributed by atoms with Crippen LogP contribution in [0.25, 0.3) is 11.3 Å². The topological polar surface area (TPSA) is 55.7 Å². The van der Waals surface area contributed by atoms with Gasteiger partial charge in [-0.1, -0.05) is 30.3 Å². The molecule has 5 nitrogen and oxygen atoms in total. The minimum atomic E-state index is 0.719. The van der Waals surface area contributed by atoms with Crippen molar-refractivity contribution in [2.75, 3.05) is 19.6 Å². The van der Waals surface area contributed by atoms with Crippen molar-refractivity contribution in [3.8, 4) is 22.8 Å². The van der Waals surface area contributed by atoms with Crippen LogP contribution in [0.4, 0.5) is 5.13 Å². The third kappa shape index (κ3) is 3.91. The van der Waals surface area contributed by atoms with E-state index in [2.05, 4.69) is 15.5 Å². The Kier molecular flexibility index (Phi) is 5.08. The van der Waals surface area contributed by atoms with Crippen molar-refractivity contribution >= 4 is 22.7 Å². The fourth-order valence-electron chi connectivity index (χ4n) is 2.13. The molecule has 1 heterocycles. The zero-order valence-electron chi connectivity index (χ0n) is 13.4. The van der Waals surface area contributed by atoms with Crippen molar-refractivity contribution in [1.29, 1.82) is 0 Å². The largest absolute Gasteiger partial charge is 0.497 e. The first-order valence-corrected chi connectivity index (χ1v) is 8.19. The fourth-order valence-corrected chi connectivity index (χ4v) is 2.80. The van der Waals surface area contributed by atoms with Crippen LogP contribution in [-0.4, -0.2) is 25.4 Å². The second-order valence-corrected chi connectivity index (χ2v) is 5.78. The molecule has 2 aromatic carbocycles. The van der Waals surface area contributed by atoms with Crippen LogP contribution in [0.5, 0.6) is 11.5 Å². The van der Waals surface area contributed by atoms with Gasteiger partial charge in [0.15, 0.2) is 0 Å². The number of hydrogen-bond acceptors (Lipinski definition) is 6. The highest BCUT2D eigenvalue weighted by atomic mass is 32.1. The van der Waals surface area contributed by atoms with Gasteiger partial charge in [0.05, 0.1) is 26.1 Å². The fraction of sp³-hybridized carbons (Fsp3) is 0.111. The molecule has 0 amide bonds. The highest BCUT2D eigenvalue weighted by molar-refractivity contribution is 7.14. The number of ether oxygens (including phenoxy) is 2. The number of thiazole rings is 1. The first kappa shape index (κ1) is 16.0. The Morgan fingerprint density at radius 3 is 2.42 bits per heavy atom. The zero-order valence-corrected chi connectivity index (χ0v) is 14.2. The van der Waals surface area contributed by atoms with Gasteiger partial charge < -0.3 is 9.47 Å². The van der Waals surface area contributed by atoms with Gasteiger partial charge in [0, 0.05) is 22.6 Å². The van der Waals surface area contributed by atoms with Crippen molar-refractivity contribution in [3.05, 3.63) is 59.5 Å². The monoisotopic (exact) mass is 339 g/mol. The molecular weight excluding hydrogens is 322 g/mol. The van der Waals surface area contributed by atoms with Crippen LogP contribution >= 0.6 is 11.3 Å². The highest BCUT2D eigenvalue weighted by Crippen LogP contribution is 2.25. The third-order valence-corrected chi connectivity index (χ3v) is 4.07. The van der Waals surface area contributed by atoms with Crippen LogP contribution in [0, 0.1) is 0 Å². The summed E-state index contributed by atoms with van der Waals surface area (Å²) < 4.78 is 10.5. The molecule has 0 aliphatic carbocycles. The molecule has 0 fully saturated rings. The van der Waals surface area contributed by atoms with E-state index in [-0.39, 0.29) is 0 Å². The molecule has 24 heavy (non-hydrogen) atoms. The number of methoxy groups -OCH3 is 2. The number of nitrogens with zero attached hydrogens (tertiary/aromatic N) is 2. The first-order chi connectivity index (χ1) is 11.8. The molecule has 6 heteroatoms. The minimum Gasteiger partial charge on any atom is -0.497 e. The van der Waals surface area contributed by atoms with E-state index in [0.29, 0.717) is 0 Å². The molecule has 0 unspecified atom stereocenters. The van der Waals surface area contributed by atoms with E-state index in [0.717, 1.165) is 33.5 Å². The van der Waals surface area contributed by atoms with E-state index in [1.54, 1.807) is 20.4 Å². The molecule has 0 radical (unpaired) electrons. The normalized spacial score (nSPS) is 10.8. The molecule has 0 saturated heterocycles. The summed E-state index contributed by atoms with van der Waals surface area (Å²) in [6.45, 7) is 0. The summed E-state index contributed by atoms with van der Waals surface area (Å²) in [6.07, 6.45) is 1.70. The standard InChI is InChI=1S/C18H17N3O2S/c1-22-15-8-13(9-16(10-15)23-2)11-19-21-18-20-17(12-24-18)14-6-4-3-5-7-14/h3-12H,1-2H3,(H,20,21). The second-order valence-electron chi connectivity index (χ2n) is 4.92. The molecule has 0 saturated carbocycles. The molecule has 122 valence electrons. The minimum absolute atomic E-state index is 0.719. The van der Waals surface area contributed by atoms with E-state index >= 15 is 0 Å². The quantitative estimate of drug-likeness (QED) is 0.538. The molecule has 0 bridgehead atoms. The van der Waals surface area contributed by atoms with Crippen molar-refractivity contribution in [3.63, 3.8) is 0 Å². The molecule has 1 aromatic heterocycles. The number of hydrogen-bond donors (Lipinski definition) is 1. The van der Waals surface area contributed by atoms with Crippen molar-refractivity contribution in [2.45, 2.75) is 0 Å². The summed E-state index contributed by atoms with van der Waals surface area (Å²) in [6, 6.07) is 15.6. The predicted octanol–water partition coefficient (Wildman–Crippen LogP) is 4.27. The van der Waals surface area contributed by atoms with Gasteiger partial charge in [-0.3, -0.25) is 5.43 Å². The maximum Gasteiger partial charge on any atom is 0.203 e. The number of rotatable bonds is 6. The lowest BCUT2D eigenvalue weighted by molar-refractivity contribution is 0.394. The Morgan fingerprint density at radius 2 is 1.75 bits per heavy atom. The maximum absolute atomic E-state index is 5.24. The predicted molar refractivity (Wildman–Crippen MR) is 98.3 cm³/mol. The summed E-state index contributed by atoms with van der Waals surface area (Å²) in [5, 5.41) is 6.97. The van der Waals surface area contributed by atoms with Crippen LogP contribution in [0.1, 0.15) is 5.56 Å². The number of nitrogens with one attached hydrogen (secondary N) is 1. The van der Waals surface area contributed by atoms with Gasteiger partial charge in [-0.15, -0.1) is 11.3 Å². The van der Waals surface area contributed by atoms with E-state index in [4.69, 9.17) is 9.47 Å². The summed E-state index contributed by atoms with van der Waals surface area (Å²) in [4.78, 5) is 4.52. The average Bonchev–Trinajstić information content (AvgIpc) is 3.11. The van der Waals surface area contributed by atoms with Gasteiger partial charge in [0.2, 0.25) is 5.13 Å². The lowest BCUT2D eigenvalue weighted by atomic mass is 10.2. The van der Waals surface area contributed by atoms with Crippen molar-refractivity contribution < 1.29 is 9.47 Å². The van der Waals surface area contributed by atoms with E-state index in [9.17, 15) is 0 Å². The number of benzene rings is 2. The summed E-state index contributed by atoms with van der Waals surface area (Å²) in [5.41, 5.74) is 5.85. The molecule has 0 spiro atoms. The van der Waals surface area contributed by atoms with Crippen LogP contribution < -0.4 is 14.9 Å². The second kappa shape index (κ2) is 7.61. The summed E-state index contributed by atoms with van der Waals surface area (Å²) in [5.74, 6) is 1.44. The SMILES string of the molecule is COc1cc(C=NNc2nc(-c3ccccc3)cs2)cc(OC)c1. The zero-order chi connectivity index (χ0) is 16.8. The van der Waals surface area contributed by atoms with Crippen LogP contribution in [0.2, 0.25) is 0 Å². The molecule has 1 N–H and O–H groups in total. The maximum atomic E-state index is 5.24. The lowest BCUT2D eigenvalue weighted by Gasteiger charge is -2.05. The van der Waals surface area contributed by atoms with E-state index < -0.39 is 0 Å². The van der Waals surface area contributed by atoms with Gasteiger partial charge in [0.1, 0.15) is 11.5 Å². The van der Waals surface area contributed by atoms with Gasteiger partial charge in [-0.25, -0.2) is 4.98 Å². The highest BCUT2D eigenvalue weighted by Gasteiger charge is 2.03. The van der Waals surface area contributed by atoms with Crippen LogP contribution in [0.15, 0.2) is 59.0 Å². The molecule has 0 aliphatic rings. The Morgan fingerprint density at radius 1 is 1.04 bits per heavy atom. The molecule has 3 rings (SSSR count). The van der Waals surface area contributed by atoms with Crippen LogP contribution in [-0.2, 0) is 0 Å². The number of hydrazone groups is 1. The van der Waals surface area contributed by atoms with Gasteiger partial charge >= 0.3 is 0 Å². The molecule has 0 atom stereocenters. The Bertz CT molecular complexity index is 809. The number of anilines is 1. The van der Waals surface area contributed by atoms with E-state index in [1.165, 1.54) is 11.3 Å². The Labute approximate surface area is 144 Å². The van der Waals surface area contributed by atoms with Crippen LogP contribution in [0.3, 0.4) is 0 Å². The Balaban J connectivity index is 1.70. The average molecular weight is 339 g/mol. The summed E-state index contributed by atoms with van der Waals surface area (Å²) >= 11 is 1.51. The van der Waals surface area contributed by atoms with Gasteiger partial charge in [-0.05, 0) is 12.1 Å². The van der Waals surface area contributed by atoms with Gasteiger partial charge in [0.25, 0.3) is 0 Å². The smallest absolute Gasteiger partial charge is 0.203 e. The lowest BCUT2D eigenvalue weighted by Crippen LogP contribution is -1.93.